The highest BCUT2D eigenvalue weighted by Gasteiger charge is 2.27. The number of carbonyl (C=O) groups excluding carboxylic acids is 2. The Balaban J connectivity index is 2.15. The molecule has 186 valence electrons. The van der Waals surface area contributed by atoms with Crippen LogP contribution in [-0.2, 0) is 26.2 Å². The zero-order valence-electron chi connectivity index (χ0n) is 20.2. The third kappa shape index (κ3) is 8.33. The largest absolute Gasteiger partial charge is 0.352 e. The number of sulfonamides is 1. The van der Waals surface area contributed by atoms with Crippen molar-refractivity contribution in [3.8, 4) is 0 Å². The fourth-order valence-electron chi connectivity index (χ4n) is 3.48. The van der Waals surface area contributed by atoms with Crippen LogP contribution in [0.4, 0.5) is 5.69 Å². The first kappa shape index (κ1) is 27.7. The van der Waals surface area contributed by atoms with Crippen molar-refractivity contribution in [2.75, 3.05) is 17.1 Å². The van der Waals surface area contributed by atoms with Crippen LogP contribution in [0, 0.1) is 0 Å². The van der Waals surface area contributed by atoms with Gasteiger partial charge in [-0.25, -0.2) is 8.42 Å². The molecule has 0 radical (unpaired) electrons. The summed E-state index contributed by atoms with van der Waals surface area (Å²) in [5.74, 6) is -0.458. The molecule has 0 saturated heterocycles. The van der Waals surface area contributed by atoms with Gasteiger partial charge in [0.05, 0.1) is 11.9 Å². The number of nitrogens with one attached hydrogen (secondary N) is 1. The lowest BCUT2D eigenvalue weighted by Gasteiger charge is -2.30. The number of rotatable bonds is 12. The second-order valence-electron chi connectivity index (χ2n) is 8.42. The molecule has 0 spiro atoms. The average molecular weight is 508 g/mol. The first-order valence-corrected chi connectivity index (χ1v) is 13.6. The van der Waals surface area contributed by atoms with E-state index in [1.807, 2.05) is 26.0 Å². The van der Waals surface area contributed by atoms with E-state index in [1.54, 1.807) is 49.4 Å². The monoisotopic (exact) mass is 507 g/mol. The molecular weight excluding hydrogens is 474 g/mol. The molecule has 2 atom stereocenters. The van der Waals surface area contributed by atoms with Crippen molar-refractivity contribution in [2.45, 2.75) is 58.7 Å². The average Bonchev–Trinajstić information content (AvgIpc) is 2.79. The molecular formula is C25H34ClN3O4S. The maximum atomic E-state index is 13.2. The van der Waals surface area contributed by atoms with Gasteiger partial charge in [-0.1, -0.05) is 48.9 Å². The summed E-state index contributed by atoms with van der Waals surface area (Å²) in [5, 5.41) is 3.48. The maximum Gasteiger partial charge on any atom is 0.242 e. The second-order valence-corrected chi connectivity index (χ2v) is 10.8. The summed E-state index contributed by atoms with van der Waals surface area (Å²) in [6.07, 6.45) is 2.34. The van der Waals surface area contributed by atoms with Crippen LogP contribution in [0.2, 0.25) is 5.02 Å². The van der Waals surface area contributed by atoms with Gasteiger partial charge in [0.1, 0.15) is 6.04 Å². The predicted octanol–water partition coefficient (Wildman–Crippen LogP) is 4.22. The fourth-order valence-corrected chi connectivity index (χ4v) is 4.66. The molecule has 2 aromatic rings. The third-order valence-corrected chi connectivity index (χ3v) is 7.04. The van der Waals surface area contributed by atoms with E-state index in [-0.39, 0.29) is 37.4 Å². The van der Waals surface area contributed by atoms with Crippen LogP contribution in [0.3, 0.4) is 0 Å². The molecule has 0 fully saturated rings. The predicted molar refractivity (Wildman–Crippen MR) is 137 cm³/mol. The molecule has 2 aromatic carbocycles. The van der Waals surface area contributed by atoms with Crippen molar-refractivity contribution >= 4 is 39.1 Å². The Morgan fingerprint density at radius 2 is 1.74 bits per heavy atom. The number of amides is 2. The highest BCUT2D eigenvalue weighted by Crippen LogP contribution is 2.19. The van der Waals surface area contributed by atoms with Gasteiger partial charge < -0.3 is 10.2 Å². The van der Waals surface area contributed by atoms with Gasteiger partial charge in [-0.2, -0.15) is 0 Å². The molecule has 0 heterocycles. The number of carbonyl (C=O) groups is 2. The SMILES string of the molecule is CCC(C)NC(=O)C(C)N(Cc1cccc(Cl)c1)C(=O)CCCN(c1ccccc1)S(C)(=O)=O. The lowest BCUT2D eigenvalue weighted by Crippen LogP contribution is -2.49. The number of anilines is 1. The molecule has 0 saturated carbocycles. The van der Waals surface area contributed by atoms with Crippen LogP contribution < -0.4 is 9.62 Å². The Morgan fingerprint density at radius 3 is 2.32 bits per heavy atom. The Labute approximate surface area is 208 Å². The molecule has 0 aromatic heterocycles. The lowest BCUT2D eigenvalue weighted by molar-refractivity contribution is -0.140. The minimum absolute atomic E-state index is 0.00716. The quantitative estimate of drug-likeness (QED) is 0.466. The first-order chi connectivity index (χ1) is 16.0. The second kappa shape index (κ2) is 12.8. The van der Waals surface area contributed by atoms with Gasteiger partial charge in [0.25, 0.3) is 0 Å². The molecule has 1 N–H and O–H groups in total. The number of hydrogen-bond acceptors (Lipinski definition) is 4. The first-order valence-electron chi connectivity index (χ1n) is 11.4. The molecule has 2 unspecified atom stereocenters. The van der Waals surface area contributed by atoms with E-state index in [4.69, 9.17) is 11.6 Å². The fraction of sp³-hybridized carbons (Fsp3) is 0.440. The minimum atomic E-state index is -3.51. The lowest BCUT2D eigenvalue weighted by atomic mass is 10.1. The minimum Gasteiger partial charge on any atom is -0.352 e. The van der Waals surface area contributed by atoms with Crippen LogP contribution in [0.1, 0.15) is 45.6 Å². The summed E-state index contributed by atoms with van der Waals surface area (Å²) in [5.41, 5.74) is 1.36. The molecule has 34 heavy (non-hydrogen) atoms. The Kier molecular flexibility index (Phi) is 10.4. The molecule has 0 aliphatic rings. The Hall–Kier alpha value is -2.58. The van der Waals surface area contributed by atoms with E-state index in [1.165, 1.54) is 9.21 Å². The smallest absolute Gasteiger partial charge is 0.242 e. The van der Waals surface area contributed by atoms with Crippen molar-refractivity contribution in [3.63, 3.8) is 0 Å². The molecule has 2 amide bonds. The zero-order chi connectivity index (χ0) is 25.3. The molecule has 2 rings (SSSR count). The number of hydrogen-bond donors (Lipinski definition) is 1. The van der Waals surface area contributed by atoms with E-state index in [9.17, 15) is 18.0 Å². The van der Waals surface area contributed by atoms with E-state index in [2.05, 4.69) is 5.32 Å². The summed E-state index contributed by atoms with van der Waals surface area (Å²) in [6.45, 7) is 5.98. The molecule has 0 aliphatic carbocycles. The van der Waals surface area contributed by atoms with Crippen molar-refractivity contribution in [3.05, 3.63) is 65.2 Å². The highest BCUT2D eigenvalue weighted by atomic mass is 35.5. The normalized spacial score (nSPS) is 13.1. The summed E-state index contributed by atoms with van der Waals surface area (Å²) in [6, 6.07) is 15.2. The summed E-state index contributed by atoms with van der Waals surface area (Å²) >= 11 is 6.11. The van der Waals surface area contributed by atoms with Crippen LogP contribution in [0.5, 0.6) is 0 Å². The molecule has 7 nitrogen and oxygen atoms in total. The van der Waals surface area contributed by atoms with E-state index >= 15 is 0 Å². The van der Waals surface area contributed by atoms with Crippen molar-refractivity contribution < 1.29 is 18.0 Å². The molecule has 0 aliphatic heterocycles. The molecule has 0 bridgehead atoms. The maximum absolute atomic E-state index is 13.2. The van der Waals surface area contributed by atoms with Crippen molar-refractivity contribution in [1.82, 2.24) is 10.2 Å². The van der Waals surface area contributed by atoms with Crippen molar-refractivity contribution in [2.24, 2.45) is 0 Å². The standard InChI is InChI=1S/C25H34ClN3O4S/c1-5-19(2)27-25(31)20(3)28(18-21-11-9-12-22(26)17-21)24(30)15-10-16-29(34(4,32)33)23-13-7-6-8-14-23/h6-9,11-14,17,19-20H,5,10,15-16,18H2,1-4H3,(H,27,31). The van der Waals surface area contributed by atoms with Crippen LogP contribution in [0.25, 0.3) is 0 Å². The third-order valence-electron chi connectivity index (χ3n) is 5.61. The van der Waals surface area contributed by atoms with Crippen LogP contribution in [-0.4, -0.2) is 50.0 Å². The van der Waals surface area contributed by atoms with Gasteiger partial charge in [0.2, 0.25) is 21.8 Å². The van der Waals surface area contributed by atoms with Gasteiger partial charge in [-0.05, 0) is 56.5 Å². The van der Waals surface area contributed by atoms with Gasteiger partial charge >= 0.3 is 0 Å². The van der Waals surface area contributed by atoms with Gasteiger partial charge in [-0.3, -0.25) is 13.9 Å². The van der Waals surface area contributed by atoms with E-state index < -0.39 is 16.1 Å². The summed E-state index contributed by atoms with van der Waals surface area (Å²) < 4.78 is 25.9. The number of benzene rings is 2. The van der Waals surface area contributed by atoms with Gasteiger partial charge in [-0.15, -0.1) is 0 Å². The molecule has 9 heteroatoms. The highest BCUT2D eigenvalue weighted by molar-refractivity contribution is 7.92. The number of halogens is 1. The Morgan fingerprint density at radius 1 is 1.06 bits per heavy atom. The van der Waals surface area contributed by atoms with Crippen LogP contribution >= 0.6 is 11.6 Å². The summed E-state index contributed by atoms with van der Waals surface area (Å²) in [7, 11) is -3.51. The zero-order valence-corrected chi connectivity index (χ0v) is 21.8. The number of nitrogens with zero attached hydrogens (tertiary/aromatic N) is 2. The van der Waals surface area contributed by atoms with Gasteiger partial charge in [0, 0.05) is 30.6 Å². The topological polar surface area (TPSA) is 86.8 Å². The summed E-state index contributed by atoms with van der Waals surface area (Å²) in [4.78, 5) is 27.6. The number of para-hydroxylation sites is 1. The Bertz CT molecular complexity index is 1060. The van der Waals surface area contributed by atoms with Gasteiger partial charge in [0.15, 0.2) is 0 Å². The van der Waals surface area contributed by atoms with Crippen molar-refractivity contribution in [1.29, 1.82) is 0 Å². The van der Waals surface area contributed by atoms with Crippen LogP contribution in [0.15, 0.2) is 54.6 Å². The van der Waals surface area contributed by atoms with E-state index in [0.29, 0.717) is 17.1 Å². The van der Waals surface area contributed by atoms with E-state index in [0.717, 1.165) is 18.2 Å².